The van der Waals surface area contributed by atoms with Crippen molar-refractivity contribution >= 4 is 45.7 Å². The van der Waals surface area contributed by atoms with E-state index in [1.807, 2.05) is 12.1 Å². The van der Waals surface area contributed by atoms with E-state index in [0.717, 1.165) is 18.8 Å². The second-order valence-electron chi connectivity index (χ2n) is 4.12. The summed E-state index contributed by atoms with van der Waals surface area (Å²) in [4.78, 5) is 2.52. The van der Waals surface area contributed by atoms with Gasteiger partial charge in [-0.05, 0) is 40.8 Å². The molecule has 94 valence electrons. The molecule has 1 aromatic carbocycles. The largest absolute Gasteiger partial charge is 0.399 e. The van der Waals surface area contributed by atoms with Gasteiger partial charge >= 0.3 is 0 Å². The van der Waals surface area contributed by atoms with E-state index in [4.69, 9.17) is 5.73 Å². The molecule has 1 aromatic rings. The van der Waals surface area contributed by atoms with Crippen LogP contribution in [-0.4, -0.2) is 42.6 Å². The van der Waals surface area contributed by atoms with Gasteiger partial charge in [0, 0.05) is 52.6 Å². The summed E-state index contributed by atoms with van der Waals surface area (Å²) in [5.41, 5.74) is 7.74. The lowest BCUT2D eigenvalue weighted by Gasteiger charge is -2.26. The second kappa shape index (κ2) is 6.70. The molecule has 5 heteroatoms. The van der Waals surface area contributed by atoms with Crippen LogP contribution >= 0.6 is 34.4 Å². The van der Waals surface area contributed by atoms with Crippen molar-refractivity contribution in [1.29, 1.82) is 0 Å². The third kappa shape index (κ3) is 4.22. The molecule has 0 unspecified atom stereocenters. The second-order valence-corrected chi connectivity index (χ2v) is 6.51. The van der Waals surface area contributed by atoms with E-state index in [-0.39, 0.29) is 0 Å². The average molecular weight is 363 g/mol. The Morgan fingerprint density at radius 3 is 2.82 bits per heavy atom. The van der Waals surface area contributed by atoms with Gasteiger partial charge in [-0.1, -0.05) is 0 Å². The highest BCUT2D eigenvalue weighted by Gasteiger charge is 2.09. The number of nitrogens with two attached hydrogens (primary N) is 1. The number of nitrogens with zero attached hydrogens (tertiary/aromatic N) is 1. The molecule has 0 radical (unpaired) electrons. The monoisotopic (exact) mass is 363 g/mol. The molecule has 3 N–H and O–H groups in total. The van der Waals surface area contributed by atoms with Crippen LogP contribution in [0.3, 0.4) is 0 Å². The SMILES string of the molecule is Nc1ccc(NCCN2CCSCC2)c(I)c1. The van der Waals surface area contributed by atoms with Crippen LogP contribution in [0, 0.1) is 3.57 Å². The molecule has 17 heavy (non-hydrogen) atoms. The van der Waals surface area contributed by atoms with Crippen LogP contribution in [0.1, 0.15) is 0 Å². The molecule has 0 aliphatic carbocycles. The van der Waals surface area contributed by atoms with Gasteiger partial charge in [0.2, 0.25) is 0 Å². The first-order chi connectivity index (χ1) is 8.25. The third-order valence-corrected chi connectivity index (χ3v) is 4.68. The first-order valence-corrected chi connectivity index (χ1v) is 8.08. The maximum atomic E-state index is 5.73. The van der Waals surface area contributed by atoms with Crippen LogP contribution in [0.5, 0.6) is 0 Å². The van der Waals surface area contributed by atoms with E-state index >= 15 is 0 Å². The minimum atomic E-state index is 0.827. The van der Waals surface area contributed by atoms with Gasteiger partial charge in [-0.25, -0.2) is 0 Å². The first-order valence-electron chi connectivity index (χ1n) is 5.85. The number of halogens is 1. The molecule has 0 spiro atoms. The molecule has 0 aromatic heterocycles. The molecule has 1 fully saturated rings. The molecule has 0 bridgehead atoms. The molecular weight excluding hydrogens is 345 g/mol. The summed E-state index contributed by atoms with van der Waals surface area (Å²) >= 11 is 4.38. The van der Waals surface area contributed by atoms with Crippen molar-refractivity contribution in [3.8, 4) is 0 Å². The standard InChI is InChI=1S/C12H18IN3S/c13-11-9-10(14)1-2-12(11)15-3-4-16-5-7-17-8-6-16/h1-2,9,15H,3-8,14H2. The summed E-state index contributed by atoms with van der Waals surface area (Å²) in [7, 11) is 0. The fraction of sp³-hybridized carbons (Fsp3) is 0.500. The summed E-state index contributed by atoms with van der Waals surface area (Å²) < 4.78 is 1.19. The number of anilines is 2. The fourth-order valence-corrected chi connectivity index (χ4v) is 3.56. The number of rotatable bonds is 4. The Hall–Kier alpha value is -0.140. The molecule has 1 aliphatic heterocycles. The Morgan fingerprint density at radius 2 is 2.12 bits per heavy atom. The predicted molar refractivity (Wildman–Crippen MR) is 85.8 cm³/mol. The summed E-state index contributed by atoms with van der Waals surface area (Å²) in [5.74, 6) is 2.55. The highest BCUT2D eigenvalue weighted by molar-refractivity contribution is 14.1. The lowest BCUT2D eigenvalue weighted by Crippen LogP contribution is -2.36. The van der Waals surface area contributed by atoms with E-state index in [0.29, 0.717) is 0 Å². The Kier molecular flexibility index (Phi) is 5.24. The van der Waals surface area contributed by atoms with Crippen molar-refractivity contribution in [2.24, 2.45) is 0 Å². The van der Waals surface area contributed by atoms with Gasteiger partial charge in [0.25, 0.3) is 0 Å². The molecule has 1 heterocycles. The summed E-state index contributed by atoms with van der Waals surface area (Å²) in [5, 5.41) is 3.48. The van der Waals surface area contributed by atoms with Gasteiger partial charge < -0.3 is 11.1 Å². The van der Waals surface area contributed by atoms with Gasteiger partial charge in [-0.15, -0.1) is 0 Å². The lowest BCUT2D eigenvalue weighted by molar-refractivity contribution is 0.314. The van der Waals surface area contributed by atoms with Gasteiger partial charge in [0.05, 0.1) is 0 Å². The molecule has 3 nitrogen and oxygen atoms in total. The van der Waals surface area contributed by atoms with Gasteiger partial charge in [0.15, 0.2) is 0 Å². The third-order valence-electron chi connectivity index (χ3n) is 2.84. The fourth-order valence-electron chi connectivity index (χ4n) is 1.85. The maximum absolute atomic E-state index is 5.73. The Morgan fingerprint density at radius 1 is 1.35 bits per heavy atom. The van der Waals surface area contributed by atoms with Crippen LogP contribution in [0.15, 0.2) is 18.2 Å². The molecule has 0 saturated carbocycles. The van der Waals surface area contributed by atoms with Crippen molar-refractivity contribution in [2.45, 2.75) is 0 Å². The highest BCUT2D eigenvalue weighted by Crippen LogP contribution is 2.20. The van der Waals surface area contributed by atoms with Crippen LogP contribution in [0.2, 0.25) is 0 Å². The zero-order valence-corrected chi connectivity index (χ0v) is 12.8. The quantitative estimate of drug-likeness (QED) is 0.637. The number of nitrogen functional groups attached to an aromatic ring is 1. The molecule has 1 saturated heterocycles. The van der Waals surface area contributed by atoms with E-state index in [1.165, 1.54) is 33.9 Å². The maximum Gasteiger partial charge on any atom is 0.0477 e. The van der Waals surface area contributed by atoms with Crippen molar-refractivity contribution in [1.82, 2.24) is 4.90 Å². The number of nitrogens with one attached hydrogen (secondary N) is 1. The van der Waals surface area contributed by atoms with Gasteiger partial charge in [-0.2, -0.15) is 11.8 Å². The average Bonchev–Trinajstić information content (AvgIpc) is 2.33. The minimum Gasteiger partial charge on any atom is -0.399 e. The van der Waals surface area contributed by atoms with E-state index in [2.05, 4.69) is 50.6 Å². The van der Waals surface area contributed by atoms with E-state index < -0.39 is 0 Å². The van der Waals surface area contributed by atoms with Crippen molar-refractivity contribution < 1.29 is 0 Å². The van der Waals surface area contributed by atoms with Crippen molar-refractivity contribution in [3.63, 3.8) is 0 Å². The minimum absolute atomic E-state index is 0.827. The van der Waals surface area contributed by atoms with Crippen LogP contribution in [0.25, 0.3) is 0 Å². The number of hydrogen-bond acceptors (Lipinski definition) is 4. The Labute approximate surface area is 121 Å². The molecular formula is C12H18IN3S. The molecule has 2 rings (SSSR count). The molecule has 1 aliphatic rings. The molecule has 0 atom stereocenters. The molecule has 0 amide bonds. The summed E-state index contributed by atoms with van der Waals surface area (Å²) in [6.45, 7) is 4.59. The number of thioether (sulfide) groups is 1. The Balaban J connectivity index is 1.77. The van der Waals surface area contributed by atoms with E-state index in [9.17, 15) is 0 Å². The van der Waals surface area contributed by atoms with Crippen molar-refractivity contribution in [2.75, 3.05) is 48.7 Å². The van der Waals surface area contributed by atoms with Crippen molar-refractivity contribution in [3.05, 3.63) is 21.8 Å². The zero-order valence-electron chi connectivity index (χ0n) is 9.79. The van der Waals surface area contributed by atoms with Crippen LogP contribution in [0.4, 0.5) is 11.4 Å². The van der Waals surface area contributed by atoms with Gasteiger partial charge in [0.1, 0.15) is 0 Å². The lowest BCUT2D eigenvalue weighted by atomic mass is 10.3. The van der Waals surface area contributed by atoms with Crippen LogP contribution in [-0.2, 0) is 0 Å². The predicted octanol–water partition coefficient (Wildman–Crippen LogP) is 2.33. The summed E-state index contributed by atoms with van der Waals surface area (Å²) in [6, 6.07) is 6.01. The Bertz CT molecular complexity index is 367. The smallest absolute Gasteiger partial charge is 0.0477 e. The van der Waals surface area contributed by atoms with E-state index in [1.54, 1.807) is 0 Å². The normalized spacial score (nSPS) is 17.0. The highest BCUT2D eigenvalue weighted by atomic mass is 127. The number of hydrogen-bond donors (Lipinski definition) is 2. The van der Waals surface area contributed by atoms with Crippen LogP contribution < -0.4 is 11.1 Å². The zero-order chi connectivity index (χ0) is 12.1. The number of benzene rings is 1. The first kappa shape index (κ1) is 13.3. The van der Waals surface area contributed by atoms with Gasteiger partial charge in [-0.3, -0.25) is 4.90 Å². The summed E-state index contributed by atoms with van der Waals surface area (Å²) in [6.07, 6.45) is 0. The topological polar surface area (TPSA) is 41.3 Å².